The van der Waals surface area contributed by atoms with E-state index >= 15 is 0 Å². The van der Waals surface area contributed by atoms with Crippen LogP contribution in [0.25, 0.3) is 0 Å². The van der Waals surface area contributed by atoms with Crippen molar-refractivity contribution in [2.24, 2.45) is 5.10 Å². The van der Waals surface area contributed by atoms with Crippen LogP contribution >= 0.6 is 0 Å². The van der Waals surface area contributed by atoms with E-state index in [0.717, 1.165) is 42.2 Å². The molecule has 25 heavy (non-hydrogen) atoms. The second kappa shape index (κ2) is 5.65. The van der Waals surface area contributed by atoms with E-state index in [4.69, 9.17) is 4.74 Å². The largest absolute Gasteiger partial charge is 0.443 e. The van der Waals surface area contributed by atoms with Gasteiger partial charge >= 0.3 is 0 Å². The lowest BCUT2D eigenvalue weighted by Crippen LogP contribution is -2.46. The Morgan fingerprint density at radius 2 is 2.04 bits per heavy atom. The molecule has 1 spiro atoms. The summed E-state index contributed by atoms with van der Waals surface area (Å²) >= 11 is 0. The average Bonchev–Trinajstić information content (AvgIpc) is 2.98. The van der Waals surface area contributed by atoms with Crippen molar-refractivity contribution in [2.45, 2.75) is 31.9 Å². The van der Waals surface area contributed by atoms with Crippen LogP contribution in [0.2, 0.25) is 0 Å². The molecule has 128 valence electrons. The molecule has 4 nitrogen and oxygen atoms in total. The standard InChI is InChI=1S/C19H16F2N2O2/c1-12(24)23-19(10-4-6-13-5-2-3-7-16(13)19)25-18(22-23)15-11-14(20)8-9-17(15)21/h2-3,5,7-9,11H,4,6,10H2,1H3. The molecule has 0 saturated heterocycles. The van der Waals surface area contributed by atoms with E-state index in [2.05, 4.69) is 5.10 Å². The molecule has 2 aliphatic rings. The normalized spacial score (nSPS) is 21.7. The first-order valence-corrected chi connectivity index (χ1v) is 8.13. The fourth-order valence-electron chi connectivity index (χ4n) is 3.59. The summed E-state index contributed by atoms with van der Waals surface area (Å²) in [5, 5.41) is 5.46. The summed E-state index contributed by atoms with van der Waals surface area (Å²) < 4.78 is 33.8. The number of benzene rings is 2. The highest BCUT2D eigenvalue weighted by Crippen LogP contribution is 2.45. The number of carbonyl (C=O) groups excluding carboxylic acids is 1. The van der Waals surface area contributed by atoms with Crippen LogP contribution in [0.4, 0.5) is 8.78 Å². The lowest BCUT2D eigenvalue weighted by Gasteiger charge is -2.39. The summed E-state index contributed by atoms with van der Waals surface area (Å²) in [6.45, 7) is 1.39. The van der Waals surface area contributed by atoms with Crippen molar-refractivity contribution in [1.82, 2.24) is 5.01 Å². The van der Waals surface area contributed by atoms with Crippen LogP contribution in [0.1, 0.15) is 36.5 Å². The fourth-order valence-corrected chi connectivity index (χ4v) is 3.59. The second-order valence-electron chi connectivity index (χ2n) is 6.26. The van der Waals surface area contributed by atoms with Crippen LogP contribution in [0.15, 0.2) is 47.6 Å². The minimum Gasteiger partial charge on any atom is -0.443 e. The van der Waals surface area contributed by atoms with Crippen LogP contribution in [-0.2, 0) is 21.7 Å². The zero-order valence-corrected chi connectivity index (χ0v) is 13.6. The number of aryl methyl sites for hydroxylation is 1. The van der Waals surface area contributed by atoms with Crippen LogP contribution in [0.3, 0.4) is 0 Å². The molecule has 0 aromatic heterocycles. The van der Waals surface area contributed by atoms with Gasteiger partial charge in [0.1, 0.15) is 11.6 Å². The third-order valence-electron chi connectivity index (χ3n) is 4.66. The first kappa shape index (κ1) is 15.7. The second-order valence-corrected chi connectivity index (χ2v) is 6.26. The van der Waals surface area contributed by atoms with E-state index in [1.807, 2.05) is 24.3 Å². The summed E-state index contributed by atoms with van der Waals surface area (Å²) in [7, 11) is 0. The molecule has 1 aliphatic heterocycles. The number of rotatable bonds is 1. The van der Waals surface area contributed by atoms with Gasteiger partial charge in [0, 0.05) is 18.9 Å². The van der Waals surface area contributed by atoms with Crippen molar-refractivity contribution in [3.63, 3.8) is 0 Å². The maximum atomic E-state index is 14.2. The van der Waals surface area contributed by atoms with Gasteiger partial charge in [-0.25, -0.2) is 8.78 Å². The lowest BCUT2D eigenvalue weighted by atomic mass is 9.84. The lowest BCUT2D eigenvalue weighted by molar-refractivity contribution is -0.151. The maximum Gasteiger partial charge on any atom is 0.244 e. The molecule has 1 amide bonds. The van der Waals surface area contributed by atoms with Crippen LogP contribution < -0.4 is 0 Å². The predicted molar refractivity (Wildman–Crippen MR) is 87.6 cm³/mol. The molecule has 1 atom stereocenters. The molecule has 1 aliphatic carbocycles. The number of halogens is 2. The van der Waals surface area contributed by atoms with Crippen molar-refractivity contribution < 1.29 is 18.3 Å². The topological polar surface area (TPSA) is 41.9 Å². The van der Waals surface area contributed by atoms with Gasteiger partial charge in [0.15, 0.2) is 0 Å². The zero-order valence-electron chi connectivity index (χ0n) is 13.6. The molecule has 6 heteroatoms. The number of hydrogen-bond donors (Lipinski definition) is 0. The number of amides is 1. The number of nitrogens with zero attached hydrogens (tertiary/aromatic N) is 2. The predicted octanol–water partition coefficient (Wildman–Crippen LogP) is 3.69. The van der Waals surface area contributed by atoms with Crippen molar-refractivity contribution in [1.29, 1.82) is 0 Å². The molecule has 1 unspecified atom stereocenters. The van der Waals surface area contributed by atoms with Crippen LogP contribution in [0.5, 0.6) is 0 Å². The van der Waals surface area contributed by atoms with E-state index < -0.39 is 17.4 Å². The van der Waals surface area contributed by atoms with Gasteiger partial charge in [-0.15, -0.1) is 5.10 Å². The Morgan fingerprint density at radius 3 is 2.84 bits per heavy atom. The first-order valence-electron chi connectivity index (χ1n) is 8.13. The van der Waals surface area contributed by atoms with Gasteiger partial charge < -0.3 is 4.74 Å². The summed E-state index contributed by atoms with van der Waals surface area (Å²) in [5.74, 6) is -1.64. The molecule has 1 heterocycles. The first-order chi connectivity index (χ1) is 12.0. The Hall–Kier alpha value is -2.76. The van der Waals surface area contributed by atoms with Gasteiger partial charge in [0.05, 0.1) is 5.56 Å². The fraction of sp³-hybridized carbons (Fsp3) is 0.263. The average molecular weight is 342 g/mol. The number of ether oxygens (including phenoxy) is 1. The Bertz CT molecular complexity index is 897. The molecule has 0 fully saturated rings. The van der Waals surface area contributed by atoms with Crippen LogP contribution in [0, 0.1) is 11.6 Å². The van der Waals surface area contributed by atoms with Crippen molar-refractivity contribution in [3.05, 3.63) is 70.8 Å². The van der Waals surface area contributed by atoms with Gasteiger partial charge in [-0.05, 0) is 36.6 Å². The third kappa shape index (κ3) is 2.40. The SMILES string of the molecule is CC(=O)N1N=C(c2cc(F)ccc2F)OC12CCCc1ccccc12. The molecule has 4 rings (SSSR count). The Kier molecular flexibility index (Phi) is 3.56. The number of fused-ring (bicyclic) bond motifs is 2. The smallest absolute Gasteiger partial charge is 0.244 e. The highest BCUT2D eigenvalue weighted by Gasteiger charge is 2.51. The summed E-state index contributed by atoms with van der Waals surface area (Å²) in [6, 6.07) is 10.8. The molecular weight excluding hydrogens is 326 g/mol. The van der Waals surface area contributed by atoms with Gasteiger partial charge in [-0.3, -0.25) is 4.79 Å². The van der Waals surface area contributed by atoms with E-state index in [-0.39, 0.29) is 17.4 Å². The van der Waals surface area contributed by atoms with Gasteiger partial charge in [-0.2, -0.15) is 5.01 Å². The number of hydrazone groups is 1. The van der Waals surface area contributed by atoms with Crippen molar-refractivity contribution in [2.75, 3.05) is 0 Å². The Labute approximate surface area is 143 Å². The summed E-state index contributed by atoms with van der Waals surface area (Å²) in [4.78, 5) is 12.2. The molecule has 0 bridgehead atoms. The van der Waals surface area contributed by atoms with Gasteiger partial charge in [0.2, 0.25) is 17.5 Å². The molecule has 2 aromatic rings. The minimum atomic E-state index is -1.10. The molecular formula is C19H16F2N2O2. The van der Waals surface area contributed by atoms with E-state index in [0.29, 0.717) is 6.42 Å². The van der Waals surface area contributed by atoms with Gasteiger partial charge in [-0.1, -0.05) is 24.3 Å². The molecule has 0 N–H and O–H groups in total. The highest BCUT2D eigenvalue weighted by molar-refractivity contribution is 5.97. The maximum absolute atomic E-state index is 14.2. The molecule has 0 saturated carbocycles. The van der Waals surface area contributed by atoms with E-state index in [1.54, 1.807) is 0 Å². The number of carbonyl (C=O) groups is 1. The molecule has 2 aromatic carbocycles. The summed E-state index contributed by atoms with van der Waals surface area (Å²) in [6.07, 6.45) is 2.21. The third-order valence-corrected chi connectivity index (χ3v) is 4.66. The number of hydrogen-bond acceptors (Lipinski definition) is 3. The summed E-state index contributed by atoms with van der Waals surface area (Å²) in [5.41, 5.74) is 0.712. The Balaban J connectivity index is 1.85. The highest BCUT2D eigenvalue weighted by atomic mass is 19.1. The van der Waals surface area contributed by atoms with E-state index in [1.165, 1.54) is 11.9 Å². The molecule has 0 radical (unpaired) electrons. The Morgan fingerprint density at radius 1 is 1.24 bits per heavy atom. The quantitative estimate of drug-likeness (QED) is 0.793. The van der Waals surface area contributed by atoms with Crippen molar-refractivity contribution in [3.8, 4) is 0 Å². The minimum absolute atomic E-state index is 0.0797. The zero-order chi connectivity index (χ0) is 17.6. The van der Waals surface area contributed by atoms with Crippen LogP contribution in [-0.4, -0.2) is 16.8 Å². The van der Waals surface area contributed by atoms with Crippen molar-refractivity contribution >= 4 is 11.8 Å². The van der Waals surface area contributed by atoms with E-state index in [9.17, 15) is 13.6 Å². The monoisotopic (exact) mass is 342 g/mol. The van der Waals surface area contributed by atoms with Gasteiger partial charge in [0.25, 0.3) is 0 Å².